The topological polar surface area (TPSA) is 45.2 Å². The van der Waals surface area contributed by atoms with Crippen LogP contribution in [0.15, 0.2) is 5.38 Å². The van der Waals surface area contributed by atoms with Gasteiger partial charge in [0.1, 0.15) is 0 Å². The molecule has 1 saturated heterocycles. The monoisotopic (exact) mass is 325 g/mol. The van der Waals surface area contributed by atoms with Crippen LogP contribution in [-0.2, 0) is 11.3 Å². The summed E-state index contributed by atoms with van der Waals surface area (Å²) < 4.78 is 0. The number of halogens is 2. The largest absolute Gasteiger partial charge is 0.340 e. The summed E-state index contributed by atoms with van der Waals surface area (Å²) in [6, 6.07) is 0. The van der Waals surface area contributed by atoms with Gasteiger partial charge in [0.2, 0.25) is 5.91 Å². The fraction of sp³-hybridized carbons (Fsp3) is 0.667. The maximum atomic E-state index is 12.2. The Hall–Kier alpha value is -0.360. The van der Waals surface area contributed by atoms with E-state index in [1.807, 2.05) is 26.3 Å². The lowest BCUT2D eigenvalue weighted by Crippen LogP contribution is -2.49. The molecule has 1 fully saturated rings. The fourth-order valence-electron chi connectivity index (χ4n) is 2.02. The molecule has 0 aromatic carbocycles. The second-order valence-electron chi connectivity index (χ2n) is 4.76. The van der Waals surface area contributed by atoms with Gasteiger partial charge in [-0.2, -0.15) is 0 Å². The molecule has 2 heterocycles. The van der Waals surface area contributed by atoms with Crippen LogP contribution in [0.4, 0.5) is 0 Å². The van der Waals surface area contributed by atoms with E-state index in [2.05, 4.69) is 10.3 Å². The van der Waals surface area contributed by atoms with Crippen molar-refractivity contribution < 1.29 is 4.79 Å². The molecule has 0 radical (unpaired) electrons. The van der Waals surface area contributed by atoms with E-state index in [1.54, 1.807) is 16.2 Å². The average molecular weight is 326 g/mol. The van der Waals surface area contributed by atoms with Gasteiger partial charge in [-0.25, -0.2) is 4.98 Å². The van der Waals surface area contributed by atoms with Crippen molar-refractivity contribution >= 4 is 42.1 Å². The first-order chi connectivity index (χ1) is 8.08. The number of nitrogens with one attached hydrogen (secondary N) is 1. The third-order valence-corrected chi connectivity index (χ3v) is 4.17. The third-order valence-electron chi connectivity index (χ3n) is 3.35. The van der Waals surface area contributed by atoms with E-state index < -0.39 is 0 Å². The highest BCUT2D eigenvalue weighted by Gasteiger charge is 2.30. The molecule has 1 amide bonds. The zero-order chi connectivity index (χ0) is 12.4. The summed E-state index contributed by atoms with van der Waals surface area (Å²) in [5, 5.41) is 6.28. The number of amides is 1. The first kappa shape index (κ1) is 18.6. The number of carbonyl (C=O) groups excluding carboxylic acids is 1. The minimum Gasteiger partial charge on any atom is -0.340 e. The number of aromatic nitrogens is 1. The molecule has 1 aliphatic rings. The number of nitrogens with zero attached hydrogens (tertiary/aromatic N) is 2. The average Bonchev–Trinajstić information content (AvgIpc) is 2.60. The van der Waals surface area contributed by atoms with Gasteiger partial charge in [0.05, 0.1) is 17.2 Å². The molecule has 1 atom stereocenters. The SMILES string of the molecule is Cc1nc(CN(C)C(=O)C(C)C2CNC2)cs1.Cl.Cl. The van der Waals surface area contributed by atoms with Crippen LogP contribution in [-0.4, -0.2) is 35.9 Å². The van der Waals surface area contributed by atoms with Crippen molar-refractivity contribution in [2.75, 3.05) is 20.1 Å². The van der Waals surface area contributed by atoms with E-state index in [0.29, 0.717) is 12.5 Å². The minimum atomic E-state index is 0. The number of hydrogen-bond acceptors (Lipinski definition) is 4. The quantitative estimate of drug-likeness (QED) is 0.922. The normalized spacial score (nSPS) is 15.7. The Kier molecular flexibility index (Phi) is 7.89. The van der Waals surface area contributed by atoms with Crippen LogP contribution in [0.25, 0.3) is 0 Å². The maximum Gasteiger partial charge on any atom is 0.225 e. The summed E-state index contributed by atoms with van der Waals surface area (Å²) in [5.41, 5.74) is 0.988. The van der Waals surface area contributed by atoms with E-state index in [4.69, 9.17) is 0 Å². The summed E-state index contributed by atoms with van der Waals surface area (Å²) in [4.78, 5) is 18.3. The van der Waals surface area contributed by atoms with Crippen molar-refractivity contribution in [2.24, 2.45) is 11.8 Å². The highest BCUT2D eigenvalue weighted by molar-refractivity contribution is 7.09. The number of hydrogen-bond donors (Lipinski definition) is 1. The van der Waals surface area contributed by atoms with Crippen LogP contribution in [0.3, 0.4) is 0 Å². The summed E-state index contributed by atoms with van der Waals surface area (Å²) in [6.45, 7) is 6.57. The molecule has 1 aliphatic heterocycles. The molecule has 0 bridgehead atoms. The molecule has 7 heteroatoms. The zero-order valence-corrected chi connectivity index (χ0v) is 13.8. The first-order valence-corrected chi connectivity index (χ1v) is 6.82. The van der Waals surface area contributed by atoms with Gasteiger partial charge in [0, 0.05) is 18.3 Å². The Morgan fingerprint density at radius 2 is 2.21 bits per heavy atom. The van der Waals surface area contributed by atoms with E-state index >= 15 is 0 Å². The molecule has 2 rings (SSSR count). The zero-order valence-electron chi connectivity index (χ0n) is 11.4. The van der Waals surface area contributed by atoms with Crippen LogP contribution in [0, 0.1) is 18.8 Å². The van der Waals surface area contributed by atoms with Crippen molar-refractivity contribution in [3.05, 3.63) is 16.1 Å². The first-order valence-electron chi connectivity index (χ1n) is 5.94. The molecule has 110 valence electrons. The van der Waals surface area contributed by atoms with Crippen LogP contribution in [0.2, 0.25) is 0 Å². The van der Waals surface area contributed by atoms with E-state index in [0.717, 1.165) is 23.8 Å². The van der Waals surface area contributed by atoms with Crippen LogP contribution in [0.5, 0.6) is 0 Å². The molecule has 19 heavy (non-hydrogen) atoms. The highest BCUT2D eigenvalue weighted by atomic mass is 35.5. The van der Waals surface area contributed by atoms with Crippen LogP contribution >= 0.6 is 36.2 Å². The second-order valence-corrected chi connectivity index (χ2v) is 5.82. The summed E-state index contributed by atoms with van der Waals surface area (Å²) in [5.74, 6) is 0.838. The maximum absolute atomic E-state index is 12.2. The molecular formula is C12H21Cl2N3OS. The van der Waals surface area contributed by atoms with Gasteiger partial charge in [0.15, 0.2) is 0 Å². The molecule has 0 saturated carbocycles. The van der Waals surface area contributed by atoms with Crippen LogP contribution < -0.4 is 5.32 Å². The predicted octanol–water partition coefficient (Wildman–Crippen LogP) is 2.11. The Labute approximate surface area is 130 Å². The lowest BCUT2D eigenvalue weighted by molar-refractivity contribution is -0.136. The van der Waals surface area contributed by atoms with Gasteiger partial charge in [-0.05, 0) is 25.9 Å². The molecule has 1 N–H and O–H groups in total. The lowest BCUT2D eigenvalue weighted by atomic mass is 9.88. The predicted molar refractivity (Wildman–Crippen MR) is 83.3 cm³/mol. The Morgan fingerprint density at radius 3 is 2.63 bits per heavy atom. The van der Waals surface area contributed by atoms with Crippen LogP contribution in [0.1, 0.15) is 17.6 Å². The summed E-state index contributed by atoms with van der Waals surface area (Å²) >= 11 is 1.63. The van der Waals surface area contributed by atoms with Gasteiger partial charge in [-0.15, -0.1) is 36.2 Å². The molecular weight excluding hydrogens is 305 g/mol. The smallest absolute Gasteiger partial charge is 0.225 e. The Morgan fingerprint density at radius 1 is 1.58 bits per heavy atom. The van der Waals surface area contributed by atoms with Crippen molar-refractivity contribution in [1.82, 2.24) is 15.2 Å². The van der Waals surface area contributed by atoms with Gasteiger partial charge in [-0.1, -0.05) is 6.92 Å². The van der Waals surface area contributed by atoms with E-state index in [-0.39, 0.29) is 36.6 Å². The van der Waals surface area contributed by atoms with Gasteiger partial charge < -0.3 is 10.2 Å². The van der Waals surface area contributed by atoms with Crippen molar-refractivity contribution in [1.29, 1.82) is 0 Å². The Balaban J connectivity index is 0.00000162. The van der Waals surface area contributed by atoms with Crippen molar-refractivity contribution in [3.8, 4) is 0 Å². The third kappa shape index (κ3) is 4.60. The molecule has 1 aromatic heterocycles. The number of carbonyl (C=O) groups is 1. The van der Waals surface area contributed by atoms with E-state index in [9.17, 15) is 4.79 Å². The standard InChI is InChI=1S/C12H19N3OS.2ClH/c1-8(10-4-13-5-10)12(16)15(3)6-11-7-17-9(2)14-11;;/h7-8,10,13H,4-6H2,1-3H3;2*1H. The number of aryl methyl sites for hydroxylation is 1. The Bertz CT molecular complexity index is 409. The molecule has 1 unspecified atom stereocenters. The highest BCUT2D eigenvalue weighted by Crippen LogP contribution is 2.19. The molecule has 1 aromatic rings. The lowest BCUT2D eigenvalue weighted by Gasteiger charge is -2.33. The molecule has 4 nitrogen and oxygen atoms in total. The van der Waals surface area contributed by atoms with Crippen molar-refractivity contribution in [3.63, 3.8) is 0 Å². The van der Waals surface area contributed by atoms with Gasteiger partial charge >= 0.3 is 0 Å². The molecule has 0 aliphatic carbocycles. The minimum absolute atomic E-state index is 0. The van der Waals surface area contributed by atoms with Gasteiger partial charge in [-0.3, -0.25) is 4.79 Å². The summed E-state index contributed by atoms with van der Waals surface area (Å²) in [7, 11) is 1.86. The van der Waals surface area contributed by atoms with E-state index in [1.165, 1.54) is 0 Å². The molecule has 0 spiro atoms. The fourth-order valence-corrected chi connectivity index (χ4v) is 2.62. The second kappa shape index (κ2) is 8.04. The summed E-state index contributed by atoms with van der Waals surface area (Å²) in [6.07, 6.45) is 0. The number of rotatable bonds is 4. The van der Waals surface area contributed by atoms with Crippen molar-refractivity contribution in [2.45, 2.75) is 20.4 Å². The number of thiazole rings is 1. The van der Waals surface area contributed by atoms with Gasteiger partial charge in [0.25, 0.3) is 0 Å².